The van der Waals surface area contributed by atoms with E-state index in [0.717, 1.165) is 29.9 Å². The lowest BCUT2D eigenvalue weighted by Gasteiger charge is -2.28. The van der Waals surface area contributed by atoms with Crippen LogP contribution in [0.2, 0.25) is 0 Å². The van der Waals surface area contributed by atoms with Crippen molar-refractivity contribution in [1.82, 2.24) is 9.97 Å². The van der Waals surface area contributed by atoms with Gasteiger partial charge in [0.2, 0.25) is 0 Å². The molecule has 32 heavy (non-hydrogen) atoms. The Balaban J connectivity index is 1.50. The number of cyclic esters (lactones) is 1. The quantitative estimate of drug-likeness (QED) is 0.786. The second-order valence-corrected chi connectivity index (χ2v) is 8.88. The molecule has 2 fully saturated rings. The van der Waals surface area contributed by atoms with Gasteiger partial charge in [-0.1, -0.05) is 6.07 Å². The fourth-order valence-corrected chi connectivity index (χ4v) is 5.02. The molecule has 0 bridgehead atoms. The van der Waals surface area contributed by atoms with Crippen molar-refractivity contribution in [2.75, 3.05) is 21.3 Å². The second-order valence-electron chi connectivity index (χ2n) is 8.88. The van der Waals surface area contributed by atoms with Gasteiger partial charge in [0.05, 0.1) is 23.8 Å². The summed E-state index contributed by atoms with van der Waals surface area (Å²) >= 11 is 0. The van der Waals surface area contributed by atoms with E-state index in [4.69, 9.17) is 15.5 Å². The van der Waals surface area contributed by atoms with Gasteiger partial charge in [-0.2, -0.15) is 0 Å². The molecular weight excluding hydrogens is 408 g/mol. The van der Waals surface area contributed by atoms with E-state index in [9.17, 15) is 9.59 Å². The number of nitrogens with zero attached hydrogens (tertiary/aromatic N) is 5. The molecule has 0 spiro atoms. The maximum absolute atomic E-state index is 13.5. The zero-order valence-corrected chi connectivity index (χ0v) is 18.6. The molecule has 2 aromatic rings. The highest BCUT2D eigenvalue weighted by Gasteiger charge is 2.37. The van der Waals surface area contributed by atoms with Crippen LogP contribution in [0, 0.1) is 0 Å². The second kappa shape index (κ2) is 7.74. The van der Waals surface area contributed by atoms with Gasteiger partial charge in [-0.05, 0) is 51.8 Å². The van der Waals surface area contributed by atoms with E-state index in [1.807, 2.05) is 13.0 Å². The summed E-state index contributed by atoms with van der Waals surface area (Å²) in [5.41, 5.74) is 8.26. The molecule has 2 aromatic heterocycles. The summed E-state index contributed by atoms with van der Waals surface area (Å²) in [5, 5.41) is 0. The zero-order chi connectivity index (χ0) is 22.6. The Labute approximate surface area is 187 Å². The summed E-state index contributed by atoms with van der Waals surface area (Å²) in [6, 6.07) is 7.86. The number of carbonyl (C=O) groups excluding carboxylic acids is 2. The van der Waals surface area contributed by atoms with E-state index in [0.29, 0.717) is 42.4 Å². The van der Waals surface area contributed by atoms with Gasteiger partial charge in [-0.3, -0.25) is 14.6 Å². The van der Waals surface area contributed by atoms with Crippen LogP contribution >= 0.6 is 0 Å². The van der Waals surface area contributed by atoms with Crippen molar-refractivity contribution < 1.29 is 14.3 Å². The van der Waals surface area contributed by atoms with Crippen molar-refractivity contribution in [3.05, 3.63) is 41.1 Å². The lowest BCUT2D eigenvalue weighted by Crippen LogP contribution is -2.34. The normalized spacial score (nSPS) is 25.0. The molecule has 168 valence electrons. The van der Waals surface area contributed by atoms with Crippen molar-refractivity contribution in [2.45, 2.75) is 64.8 Å². The molecule has 0 radical (unpaired) electrons. The first kappa shape index (κ1) is 20.7. The van der Waals surface area contributed by atoms with Gasteiger partial charge in [-0.15, -0.1) is 0 Å². The lowest BCUT2D eigenvalue weighted by atomic mass is 10.1. The average Bonchev–Trinajstić information content (AvgIpc) is 3.42. The van der Waals surface area contributed by atoms with Crippen molar-refractivity contribution >= 4 is 29.5 Å². The van der Waals surface area contributed by atoms with Crippen LogP contribution in [0.5, 0.6) is 0 Å². The molecule has 9 nitrogen and oxygen atoms in total. The minimum atomic E-state index is -0.425. The zero-order valence-electron chi connectivity index (χ0n) is 18.6. The molecule has 5 heterocycles. The lowest BCUT2D eigenvalue weighted by molar-refractivity contribution is 0.0996. The van der Waals surface area contributed by atoms with Gasteiger partial charge in [-0.25, -0.2) is 14.8 Å². The standard InChI is InChI=1S/C23H28N6O3/c1-13-7-8-14(2)28(13)21-9-16-17(18(10-24)25-21)11-27(22(16)30)19-5-4-6-20(26-19)29-15(3)12-32-23(29)31/h4-6,9,13-15H,7-8,10-12,24H2,1-3H3/t13-,14?,15+/m1/s1. The molecule has 2 amide bonds. The van der Waals surface area contributed by atoms with Gasteiger partial charge in [0.1, 0.15) is 24.1 Å². The van der Waals surface area contributed by atoms with E-state index < -0.39 is 6.09 Å². The molecule has 3 aliphatic heterocycles. The van der Waals surface area contributed by atoms with Gasteiger partial charge < -0.3 is 15.4 Å². The number of carbonyl (C=O) groups is 2. The predicted octanol–water partition coefficient (Wildman–Crippen LogP) is 2.82. The highest BCUT2D eigenvalue weighted by atomic mass is 16.6. The summed E-state index contributed by atoms with van der Waals surface area (Å²) in [5.74, 6) is 1.65. The largest absolute Gasteiger partial charge is 0.447 e. The van der Waals surface area contributed by atoms with Crippen molar-refractivity contribution in [2.24, 2.45) is 5.73 Å². The third-order valence-electron chi connectivity index (χ3n) is 6.73. The third-order valence-corrected chi connectivity index (χ3v) is 6.73. The van der Waals surface area contributed by atoms with Crippen LogP contribution in [0.1, 0.15) is 55.2 Å². The Hall–Kier alpha value is -3.20. The smallest absolute Gasteiger partial charge is 0.415 e. The third kappa shape index (κ3) is 3.19. The van der Waals surface area contributed by atoms with Gasteiger partial charge >= 0.3 is 6.09 Å². The Morgan fingerprint density at radius 3 is 2.41 bits per heavy atom. The van der Waals surface area contributed by atoms with E-state index in [2.05, 4.69) is 23.7 Å². The van der Waals surface area contributed by atoms with Crippen molar-refractivity contribution in [3.63, 3.8) is 0 Å². The first-order valence-electron chi connectivity index (χ1n) is 11.1. The van der Waals surface area contributed by atoms with Crippen molar-refractivity contribution in [1.29, 1.82) is 0 Å². The summed E-state index contributed by atoms with van der Waals surface area (Å²) < 4.78 is 5.12. The van der Waals surface area contributed by atoms with Crippen LogP contribution in [0.25, 0.3) is 0 Å². The number of pyridine rings is 2. The number of amides is 2. The van der Waals surface area contributed by atoms with Gasteiger partial charge in [0.15, 0.2) is 0 Å². The minimum absolute atomic E-state index is 0.114. The summed E-state index contributed by atoms with van der Waals surface area (Å²) in [6.45, 7) is 7.22. The Morgan fingerprint density at radius 2 is 1.75 bits per heavy atom. The van der Waals surface area contributed by atoms with Gasteiger partial charge in [0.25, 0.3) is 5.91 Å². The Morgan fingerprint density at radius 1 is 1.03 bits per heavy atom. The molecule has 5 rings (SSSR count). The monoisotopic (exact) mass is 436 g/mol. The Bertz CT molecular complexity index is 1080. The van der Waals surface area contributed by atoms with E-state index in [1.165, 1.54) is 4.90 Å². The molecule has 9 heteroatoms. The summed E-state index contributed by atoms with van der Waals surface area (Å²) in [7, 11) is 0. The number of ether oxygens (including phenoxy) is 1. The average molecular weight is 437 g/mol. The molecule has 0 aromatic carbocycles. The highest BCUT2D eigenvalue weighted by molar-refractivity contribution is 6.10. The number of rotatable bonds is 4. The molecule has 0 aliphatic carbocycles. The first-order chi connectivity index (χ1) is 15.4. The van der Waals surface area contributed by atoms with E-state index >= 15 is 0 Å². The van der Waals surface area contributed by atoms with Crippen molar-refractivity contribution in [3.8, 4) is 0 Å². The number of nitrogens with two attached hydrogens (primary N) is 1. The number of fused-ring (bicyclic) bond motifs is 1. The molecule has 2 saturated heterocycles. The van der Waals surface area contributed by atoms with Gasteiger partial charge in [0, 0.05) is 24.2 Å². The molecule has 2 N–H and O–H groups in total. The highest BCUT2D eigenvalue weighted by Crippen LogP contribution is 2.35. The van der Waals surface area contributed by atoms with Crippen LogP contribution < -0.4 is 20.4 Å². The number of anilines is 3. The van der Waals surface area contributed by atoms with E-state index in [1.54, 1.807) is 23.1 Å². The first-order valence-corrected chi connectivity index (χ1v) is 11.1. The number of hydrogen-bond donors (Lipinski definition) is 1. The molecule has 1 unspecified atom stereocenters. The molecule has 3 atom stereocenters. The predicted molar refractivity (Wildman–Crippen MR) is 121 cm³/mol. The molecule has 0 saturated carbocycles. The van der Waals surface area contributed by atoms with Crippen LogP contribution in [0.4, 0.5) is 22.2 Å². The molecular formula is C23H28N6O3. The fourth-order valence-electron chi connectivity index (χ4n) is 5.02. The summed E-state index contributed by atoms with van der Waals surface area (Å²) in [6.07, 6.45) is 1.78. The SMILES string of the molecule is CC1CC[C@@H](C)N1c1cc2c(c(CN)n1)CN(c1cccc(N3C(=O)OC[C@@H]3C)n1)C2=O. The minimum Gasteiger partial charge on any atom is -0.447 e. The molecule has 3 aliphatic rings. The topological polar surface area (TPSA) is 105 Å². The number of hydrogen-bond acceptors (Lipinski definition) is 7. The van der Waals surface area contributed by atoms with Crippen LogP contribution in [0.3, 0.4) is 0 Å². The van der Waals surface area contributed by atoms with Crippen LogP contribution in [-0.2, 0) is 17.8 Å². The number of aromatic nitrogens is 2. The van der Waals surface area contributed by atoms with Crippen LogP contribution in [-0.4, -0.2) is 46.7 Å². The maximum Gasteiger partial charge on any atom is 0.415 e. The summed E-state index contributed by atoms with van der Waals surface area (Å²) in [4.78, 5) is 40.5. The van der Waals surface area contributed by atoms with E-state index in [-0.39, 0.29) is 18.5 Å². The Kier molecular flexibility index (Phi) is 5.00. The van der Waals surface area contributed by atoms with Crippen LogP contribution in [0.15, 0.2) is 24.3 Å². The fraction of sp³-hybridized carbons (Fsp3) is 0.478. The maximum atomic E-state index is 13.5.